The Balaban J connectivity index is 2.25. The number of carbonyl (C=O) groups is 1. The van der Waals surface area contributed by atoms with Crippen LogP contribution in [-0.4, -0.2) is 14.3 Å². The monoisotopic (exact) mass is 294 g/mol. The molecule has 3 N–H and O–H groups in total. The maximum absolute atomic E-state index is 13.2. The van der Waals surface area contributed by atoms with Crippen molar-refractivity contribution in [2.75, 3.05) is 5.73 Å². The van der Waals surface area contributed by atoms with Gasteiger partial charge in [-0.05, 0) is 30.3 Å². The van der Waals surface area contributed by atoms with E-state index in [1.807, 2.05) is 4.72 Å². The van der Waals surface area contributed by atoms with Crippen molar-refractivity contribution in [1.29, 1.82) is 0 Å². The van der Waals surface area contributed by atoms with Crippen LogP contribution in [0, 0.1) is 5.82 Å². The highest BCUT2D eigenvalue weighted by Crippen LogP contribution is 2.13. The second-order valence-corrected chi connectivity index (χ2v) is 5.67. The third-order valence-electron chi connectivity index (χ3n) is 2.54. The van der Waals surface area contributed by atoms with Crippen LogP contribution in [0.3, 0.4) is 0 Å². The fourth-order valence-corrected chi connectivity index (χ4v) is 2.50. The number of benzene rings is 2. The standard InChI is InChI=1S/C13H11FN2O3S/c14-11-8-9(6-7-12(11)15)13(17)16-20(18,19)10-4-2-1-3-5-10/h1-8H,15H2,(H,16,17). The van der Waals surface area contributed by atoms with Gasteiger partial charge in [0, 0.05) is 5.56 Å². The Morgan fingerprint density at radius 2 is 1.75 bits per heavy atom. The quantitative estimate of drug-likeness (QED) is 0.840. The van der Waals surface area contributed by atoms with Crippen molar-refractivity contribution in [2.24, 2.45) is 0 Å². The van der Waals surface area contributed by atoms with Crippen LogP contribution in [-0.2, 0) is 10.0 Å². The van der Waals surface area contributed by atoms with Crippen molar-refractivity contribution in [2.45, 2.75) is 4.90 Å². The lowest BCUT2D eigenvalue weighted by Gasteiger charge is -2.07. The number of sulfonamides is 1. The minimum absolute atomic E-state index is 0.0516. The summed E-state index contributed by atoms with van der Waals surface area (Å²) >= 11 is 0. The first-order valence-corrected chi connectivity index (χ1v) is 7.06. The van der Waals surface area contributed by atoms with Gasteiger partial charge < -0.3 is 5.73 Å². The van der Waals surface area contributed by atoms with Crippen molar-refractivity contribution in [3.05, 3.63) is 59.9 Å². The Hall–Kier alpha value is -2.41. The molecule has 0 bridgehead atoms. The minimum Gasteiger partial charge on any atom is -0.396 e. The van der Waals surface area contributed by atoms with Crippen molar-refractivity contribution < 1.29 is 17.6 Å². The van der Waals surface area contributed by atoms with Crippen molar-refractivity contribution in [1.82, 2.24) is 4.72 Å². The van der Waals surface area contributed by atoms with Gasteiger partial charge >= 0.3 is 0 Å². The topological polar surface area (TPSA) is 89.3 Å². The molecule has 0 aliphatic rings. The molecule has 0 atom stereocenters. The molecule has 0 fully saturated rings. The summed E-state index contributed by atoms with van der Waals surface area (Å²) < 4.78 is 38.9. The molecule has 20 heavy (non-hydrogen) atoms. The highest BCUT2D eigenvalue weighted by atomic mass is 32.2. The van der Waals surface area contributed by atoms with E-state index >= 15 is 0 Å². The number of nitrogens with one attached hydrogen (secondary N) is 1. The third kappa shape index (κ3) is 2.94. The molecule has 0 aliphatic carbocycles. The lowest BCUT2D eigenvalue weighted by Crippen LogP contribution is -2.30. The summed E-state index contributed by atoms with van der Waals surface area (Å²) in [5, 5.41) is 0. The molecule has 0 saturated heterocycles. The number of nitrogens with two attached hydrogens (primary N) is 1. The number of anilines is 1. The highest BCUT2D eigenvalue weighted by molar-refractivity contribution is 7.90. The van der Waals surface area contributed by atoms with E-state index in [2.05, 4.69) is 0 Å². The zero-order valence-electron chi connectivity index (χ0n) is 10.2. The predicted octanol–water partition coefficient (Wildman–Crippen LogP) is 1.53. The molecule has 5 nitrogen and oxygen atoms in total. The smallest absolute Gasteiger partial charge is 0.265 e. The Labute approximate surface area is 115 Å². The first kappa shape index (κ1) is 14.0. The molecule has 0 radical (unpaired) electrons. The van der Waals surface area contributed by atoms with Gasteiger partial charge in [0.1, 0.15) is 5.82 Å². The summed E-state index contributed by atoms with van der Waals surface area (Å²) in [6, 6.07) is 10.7. The number of hydrogen-bond donors (Lipinski definition) is 2. The van der Waals surface area contributed by atoms with Gasteiger partial charge in [-0.2, -0.15) is 0 Å². The van der Waals surface area contributed by atoms with Crippen LogP contribution in [0.1, 0.15) is 10.4 Å². The lowest BCUT2D eigenvalue weighted by atomic mass is 10.2. The van der Waals surface area contributed by atoms with E-state index in [4.69, 9.17) is 5.73 Å². The molecule has 104 valence electrons. The number of nitrogen functional groups attached to an aromatic ring is 1. The molecular weight excluding hydrogens is 283 g/mol. The van der Waals surface area contributed by atoms with Gasteiger partial charge in [0.05, 0.1) is 10.6 Å². The number of rotatable bonds is 3. The summed E-state index contributed by atoms with van der Waals surface area (Å²) in [4.78, 5) is 11.7. The maximum Gasteiger partial charge on any atom is 0.265 e. The predicted molar refractivity (Wildman–Crippen MR) is 71.9 cm³/mol. The van der Waals surface area contributed by atoms with Gasteiger partial charge in [-0.3, -0.25) is 4.79 Å². The van der Waals surface area contributed by atoms with Crippen LogP contribution in [0.25, 0.3) is 0 Å². The maximum atomic E-state index is 13.2. The second-order valence-electron chi connectivity index (χ2n) is 3.98. The molecule has 2 rings (SSSR count). The van der Waals surface area contributed by atoms with Crippen molar-refractivity contribution in [3.8, 4) is 0 Å². The number of halogens is 1. The number of amides is 1. The molecule has 2 aromatic rings. The summed E-state index contributed by atoms with van der Waals surface area (Å²) in [5.41, 5.74) is 5.04. The molecule has 0 unspecified atom stereocenters. The van der Waals surface area contributed by atoms with Crippen molar-refractivity contribution in [3.63, 3.8) is 0 Å². The Bertz CT molecular complexity index is 745. The van der Waals surface area contributed by atoms with Gasteiger partial charge in [0.25, 0.3) is 15.9 Å². The molecule has 0 spiro atoms. The van der Waals surface area contributed by atoms with E-state index in [0.29, 0.717) is 0 Å². The average Bonchev–Trinajstić information content (AvgIpc) is 2.42. The van der Waals surface area contributed by atoms with E-state index < -0.39 is 21.7 Å². The fraction of sp³-hybridized carbons (Fsp3) is 0. The second kappa shape index (κ2) is 5.30. The van der Waals surface area contributed by atoms with Gasteiger partial charge in [-0.25, -0.2) is 17.5 Å². The number of carbonyl (C=O) groups excluding carboxylic acids is 1. The van der Waals surface area contributed by atoms with E-state index in [1.165, 1.54) is 36.4 Å². The molecule has 1 amide bonds. The van der Waals surface area contributed by atoms with Gasteiger partial charge in [-0.15, -0.1) is 0 Å². The van der Waals surface area contributed by atoms with Gasteiger partial charge in [-0.1, -0.05) is 18.2 Å². The number of hydrogen-bond acceptors (Lipinski definition) is 4. The van der Waals surface area contributed by atoms with Gasteiger partial charge in [0.2, 0.25) is 0 Å². The zero-order valence-corrected chi connectivity index (χ0v) is 11.0. The molecule has 0 aliphatic heterocycles. The Morgan fingerprint density at radius 3 is 2.35 bits per heavy atom. The molecular formula is C13H11FN2O3S. The highest BCUT2D eigenvalue weighted by Gasteiger charge is 2.18. The normalized spacial score (nSPS) is 11.1. The average molecular weight is 294 g/mol. The summed E-state index contributed by atoms with van der Waals surface area (Å²) in [6.45, 7) is 0. The van der Waals surface area contributed by atoms with Crippen LogP contribution < -0.4 is 10.5 Å². The molecule has 0 aromatic heterocycles. The molecule has 2 aromatic carbocycles. The van der Waals surface area contributed by atoms with Crippen molar-refractivity contribution >= 4 is 21.6 Å². The first-order chi connectivity index (χ1) is 9.40. The zero-order chi connectivity index (χ0) is 14.8. The van der Waals surface area contributed by atoms with E-state index in [0.717, 1.165) is 6.07 Å². The molecule has 7 heteroatoms. The van der Waals surface area contributed by atoms with E-state index in [9.17, 15) is 17.6 Å². The Kier molecular flexibility index (Phi) is 3.71. The van der Waals surface area contributed by atoms with Crippen LogP contribution in [0.4, 0.5) is 10.1 Å². The molecule has 0 heterocycles. The van der Waals surface area contributed by atoms with Crippen LogP contribution in [0.15, 0.2) is 53.4 Å². The molecule has 0 saturated carbocycles. The van der Waals surface area contributed by atoms with Crippen LogP contribution in [0.5, 0.6) is 0 Å². The van der Waals surface area contributed by atoms with E-state index in [1.54, 1.807) is 6.07 Å². The van der Waals surface area contributed by atoms with Crippen LogP contribution in [0.2, 0.25) is 0 Å². The van der Waals surface area contributed by atoms with Gasteiger partial charge in [0.15, 0.2) is 0 Å². The third-order valence-corrected chi connectivity index (χ3v) is 3.89. The van der Waals surface area contributed by atoms with Crippen LogP contribution >= 0.6 is 0 Å². The summed E-state index contributed by atoms with van der Waals surface area (Å²) in [6.07, 6.45) is 0. The summed E-state index contributed by atoms with van der Waals surface area (Å²) in [7, 11) is -3.98. The SMILES string of the molecule is Nc1ccc(C(=O)NS(=O)(=O)c2ccccc2)cc1F. The minimum atomic E-state index is -3.98. The largest absolute Gasteiger partial charge is 0.396 e. The summed E-state index contributed by atoms with van der Waals surface area (Å²) in [5.74, 6) is -1.71. The Morgan fingerprint density at radius 1 is 1.10 bits per heavy atom. The lowest BCUT2D eigenvalue weighted by molar-refractivity contribution is 0.0981. The first-order valence-electron chi connectivity index (χ1n) is 5.57. The van der Waals surface area contributed by atoms with E-state index in [-0.39, 0.29) is 16.1 Å². The fourth-order valence-electron chi connectivity index (χ4n) is 1.51.